The predicted molar refractivity (Wildman–Crippen MR) is 100.0 cm³/mol. The van der Waals surface area contributed by atoms with Gasteiger partial charge in [-0.25, -0.2) is 4.98 Å². The number of pyridine rings is 2. The van der Waals surface area contributed by atoms with Crippen molar-refractivity contribution in [3.05, 3.63) is 70.5 Å². The third kappa shape index (κ3) is 3.11. The van der Waals surface area contributed by atoms with E-state index in [9.17, 15) is 4.79 Å². The van der Waals surface area contributed by atoms with Gasteiger partial charge in [0.05, 0.1) is 5.69 Å². The summed E-state index contributed by atoms with van der Waals surface area (Å²) in [5.74, 6) is 1.29. The van der Waals surface area contributed by atoms with E-state index in [4.69, 9.17) is 0 Å². The zero-order valence-corrected chi connectivity index (χ0v) is 15.1. The number of thioether (sulfide) groups is 1. The molecular formula is C18H16N6OS. The lowest BCUT2D eigenvalue weighted by Gasteiger charge is -2.05. The van der Waals surface area contributed by atoms with E-state index in [1.165, 1.54) is 11.8 Å². The fourth-order valence-corrected chi connectivity index (χ4v) is 3.46. The van der Waals surface area contributed by atoms with Crippen LogP contribution in [-0.2, 0) is 12.8 Å². The Balaban J connectivity index is 1.58. The SMILES string of the molecule is Cc1ccc2nc(CSc3nnc(-c4cccnc4)n3C)cc(=O)n2c1. The van der Waals surface area contributed by atoms with Gasteiger partial charge in [-0.1, -0.05) is 17.8 Å². The lowest BCUT2D eigenvalue weighted by Crippen LogP contribution is -2.15. The monoisotopic (exact) mass is 364 g/mol. The summed E-state index contributed by atoms with van der Waals surface area (Å²) >= 11 is 1.49. The lowest BCUT2D eigenvalue weighted by atomic mass is 10.3. The highest BCUT2D eigenvalue weighted by Gasteiger charge is 2.12. The van der Waals surface area contributed by atoms with E-state index in [0.29, 0.717) is 11.4 Å². The third-order valence-corrected chi connectivity index (χ3v) is 5.02. The number of aromatic nitrogens is 6. The second-order valence-electron chi connectivity index (χ2n) is 5.92. The van der Waals surface area contributed by atoms with Crippen LogP contribution in [0.4, 0.5) is 0 Å². The van der Waals surface area contributed by atoms with Crippen molar-refractivity contribution in [3.63, 3.8) is 0 Å². The van der Waals surface area contributed by atoms with Crippen molar-refractivity contribution in [1.82, 2.24) is 29.1 Å². The summed E-state index contributed by atoms with van der Waals surface area (Å²) in [5.41, 5.74) is 3.21. The number of fused-ring (bicyclic) bond motifs is 1. The van der Waals surface area contributed by atoms with Crippen molar-refractivity contribution in [2.24, 2.45) is 7.05 Å². The molecule has 0 aliphatic heterocycles. The Hall–Kier alpha value is -3.00. The Morgan fingerprint density at radius 2 is 2.08 bits per heavy atom. The summed E-state index contributed by atoms with van der Waals surface area (Å²) in [7, 11) is 1.91. The van der Waals surface area contributed by atoms with Crippen LogP contribution in [0.3, 0.4) is 0 Å². The van der Waals surface area contributed by atoms with Crippen molar-refractivity contribution >= 4 is 17.4 Å². The molecule has 0 radical (unpaired) electrons. The molecule has 4 aromatic heterocycles. The molecule has 0 aromatic carbocycles. The van der Waals surface area contributed by atoms with Gasteiger partial charge in [0, 0.05) is 43.0 Å². The maximum absolute atomic E-state index is 12.3. The summed E-state index contributed by atoms with van der Waals surface area (Å²) in [4.78, 5) is 21.0. The second kappa shape index (κ2) is 6.72. The minimum absolute atomic E-state index is 0.0803. The number of nitrogens with zero attached hydrogens (tertiary/aromatic N) is 6. The van der Waals surface area contributed by atoms with Crippen molar-refractivity contribution in [2.45, 2.75) is 17.8 Å². The Kier molecular flexibility index (Phi) is 4.26. The van der Waals surface area contributed by atoms with Crippen LogP contribution >= 0.6 is 11.8 Å². The van der Waals surface area contributed by atoms with Gasteiger partial charge in [0.15, 0.2) is 11.0 Å². The summed E-state index contributed by atoms with van der Waals surface area (Å²) < 4.78 is 3.48. The third-order valence-electron chi connectivity index (χ3n) is 3.96. The fourth-order valence-electron chi connectivity index (χ4n) is 2.66. The van der Waals surface area contributed by atoms with E-state index in [0.717, 1.165) is 27.8 Å². The number of rotatable bonds is 4. The van der Waals surface area contributed by atoms with E-state index in [1.54, 1.807) is 29.1 Å². The second-order valence-corrected chi connectivity index (χ2v) is 6.86. The van der Waals surface area contributed by atoms with Gasteiger partial charge >= 0.3 is 0 Å². The van der Waals surface area contributed by atoms with Crippen LogP contribution in [0.15, 0.2) is 58.9 Å². The van der Waals surface area contributed by atoms with Gasteiger partial charge in [-0.05, 0) is 30.7 Å². The summed E-state index contributed by atoms with van der Waals surface area (Å²) in [6.07, 6.45) is 5.28. The molecule has 0 unspecified atom stereocenters. The van der Waals surface area contributed by atoms with Crippen LogP contribution in [-0.4, -0.2) is 29.1 Å². The van der Waals surface area contributed by atoms with E-state index >= 15 is 0 Å². The molecule has 0 saturated heterocycles. The average Bonchev–Trinajstić information content (AvgIpc) is 3.02. The highest BCUT2D eigenvalue weighted by atomic mass is 32.2. The lowest BCUT2D eigenvalue weighted by molar-refractivity contribution is 0.793. The van der Waals surface area contributed by atoms with Crippen molar-refractivity contribution in [1.29, 1.82) is 0 Å². The molecule has 0 aliphatic carbocycles. The quantitative estimate of drug-likeness (QED) is 0.518. The van der Waals surface area contributed by atoms with E-state index in [1.807, 2.05) is 42.8 Å². The summed E-state index contributed by atoms with van der Waals surface area (Å²) in [6.45, 7) is 1.95. The smallest absolute Gasteiger partial charge is 0.258 e. The Labute approximate surface area is 153 Å². The fraction of sp³-hybridized carbons (Fsp3) is 0.167. The molecule has 8 heteroatoms. The van der Waals surface area contributed by atoms with Crippen LogP contribution in [0.2, 0.25) is 0 Å². The first kappa shape index (κ1) is 16.5. The maximum Gasteiger partial charge on any atom is 0.258 e. The van der Waals surface area contributed by atoms with Crippen molar-refractivity contribution in [2.75, 3.05) is 0 Å². The summed E-state index contributed by atoms with van der Waals surface area (Å²) in [5, 5.41) is 9.24. The molecule has 0 aliphatic rings. The van der Waals surface area contributed by atoms with Crippen LogP contribution in [0.1, 0.15) is 11.3 Å². The van der Waals surface area contributed by atoms with Crippen molar-refractivity contribution < 1.29 is 0 Å². The molecule has 0 fully saturated rings. The Bertz CT molecular complexity index is 1140. The molecule has 7 nitrogen and oxygen atoms in total. The largest absolute Gasteiger partial charge is 0.305 e. The predicted octanol–water partition coefficient (Wildman–Crippen LogP) is 2.49. The van der Waals surface area contributed by atoms with Gasteiger partial charge < -0.3 is 4.57 Å². The molecule has 4 rings (SSSR count). The average molecular weight is 364 g/mol. The van der Waals surface area contributed by atoms with Crippen LogP contribution in [0.5, 0.6) is 0 Å². The normalized spacial score (nSPS) is 11.2. The highest BCUT2D eigenvalue weighted by Crippen LogP contribution is 2.24. The maximum atomic E-state index is 12.3. The van der Waals surface area contributed by atoms with Gasteiger partial charge in [0.25, 0.3) is 5.56 Å². The highest BCUT2D eigenvalue weighted by molar-refractivity contribution is 7.98. The summed E-state index contributed by atoms with van der Waals surface area (Å²) in [6, 6.07) is 9.18. The first-order valence-electron chi connectivity index (χ1n) is 8.03. The number of hydrogen-bond acceptors (Lipinski definition) is 6. The van der Waals surface area contributed by atoms with E-state index in [2.05, 4.69) is 20.2 Å². The standard InChI is InChI=1S/C18H16N6OS/c1-12-5-6-15-20-14(8-16(25)24(15)10-12)11-26-18-22-21-17(23(18)2)13-4-3-7-19-9-13/h3-10H,11H2,1-2H3. The van der Waals surface area contributed by atoms with Gasteiger partial charge in [-0.15, -0.1) is 10.2 Å². The van der Waals surface area contributed by atoms with Crippen LogP contribution in [0.25, 0.3) is 17.0 Å². The minimum Gasteiger partial charge on any atom is -0.305 e. The van der Waals surface area contributed by atoms with Gasteiger partial charge in [0.2, 0.25) is 0 Å². The Morgan fingerprint density at radius 1 is 1.19 bits per heavy atom. The molecule has 0 N–H and O–H groups in total. The molecule has 0 spiro atoms. The first-order valence-corrected chi connectivity index (χ1v) is 9.02. The zero-order valence-electron chi connectivity index (χ0n) is 14.3. The van der Waals surface area contributed by atoms with E-state index in [-0.39, 0.29) is 5.56 Å². The van der Waals surface area contributed by atoms with Gasteiger partial charge in [-0.2, -0.15) is 0 Å². The molecule has 0 amide bonds. The molecule has 26 heavy (non-hydrogen) atoms. The molecule has 0 atom stereocenters. The first-order chi connectivity index (χ1) is 12.6. The molecule has 4 heterocycles. The van der Waals surface area contributed by atoms with Crippen LogP contribution in [0, 0.1) is 6.92 Å². The van der Waals surface area contributed by atoms with Crippen LogP contribution < -0.4 is 5.56 Å². The number of aryl methyl sites for hydroxylation is 1. The van der Waals surface area contributed by atoms with Crippen molar-refractivity contribution in [3.8, 4) is 11.4 Å². The van der Waals surface area contributed by atoms with E-state index < -0.39 is 0 Å². The van der Waals surface area contributed by atoms with Gasteiger partial charge in [-0.3, -0.25) is 14.2 Å². The van der Waals surface area contributed by atoms with Gasteiger partial charge in [0.1, 0.15) is 5.65 Å². The molecule has 130 valence electrons. The molecule has 4 aromatic rings. The molecule has 0 bridgehead atoms. The Morgan fingerprint density at radius 3 is 2.88 bits per heavy atom. The molecule has 0 saturated carbocycles. The minimum atomic E-state index is -0.0803. The zero-order chi connectivity index (χ0) is 18.1. The topological polar surface area (TPSA) is 78.0 Å². The number of hydrogen-bond donors (Lipinski definition) is 0. The molecular weight excluding hydrogens is 348 g/mol.